The first-order valence-corrected chi connectivity index (χ1v) is 7.09. The van der Waals surface area contributed by atoms with Crippen LogP contribution in [0.4, 0.5) is 0 Å². The number of hydrogen-bond donors (Lipinski definition) is 1. The van der Waals surface area contributed by atoms with Crippen molar-refractivity contribution in [3.63, 3.8) is 0 Å². The van der Waals surface area contributed by atoms with Crippen LogP contribution in [-0.2, 0) is 6.61 Å². The highest BCUT2D eigenvalue weighted by molar-refractivity contribution is 9.10. The van der Waals surface area contributed by atoms with E-state index in [0.29, 0.717) is 16.8 Å². The summed E-state index contributed by atoms with van der Waals surface area (Å²) in [5.41, 5.74) is 2.04. The number of halogens is 1. The first-order chi connectivity index (χ1) is 10.0. The number of carboxylic acids is 1. The van der Waals surface area contributed by atoms with E-state index in [-0.39, 0.29) is 5.56 Å². The Labute approximate surface area is 131 Å². The second-order valence-electron chi connectivity index (χ2n) is 4.54. The van der Waals surface area contributed by atoms with E-state index in [2.05, 4.69) is 15.9 Å². The Morgan fingerprint density at radius 3 is 2.48 bits per heavy atom. The third-order valence-electron chi connectivity index (χ3n) is 3.05. The van der Waals surface area contributed by atoms with Crippen LogP contribution in [0.1, 0.15) is 21.5 Å². The van der Waals surface area contributed by atoms with Gasteiger partial charge in [-0.3, -0.25) is 0 Å². The maximum atomic E-state index is 11.1. The van der Waals surface area contributed by atoms with Crippen LogP contribution >= 0.6 is 15.9 Å². The molecule has 2 rings (SSSR count). The Kier molecular flexibility index (Phi) is 4.85. The Morgan fingerprint density at radius 2 is 1.90 bits per heavy atom. The zero-order chi connectivity index (χ0) is 15.4. The normalized spacial score (nSPS) is 10.2. The molecule has 4 nitrogen and oxygen atoms in total. The molecule has 0 fully saturated rings. The summed E-state index contributed by atoms with van der Waals surface area (Å²) >= 11 is 3.24. The number of methoxy groups -OCH3 is 1. The van der Waals surface area contributed by atoms with Gasteiger partial charge in [0.05, 0.1) is 12.7 Å². The summed E-state index contributed by atoms with van der Waals surface area (Å²) < 4.78 is 11.4. The lowest BCUT2D eigenvalue weighted by Crippen LogP contribution is -2.02. The molecular formula is C16H15BrO4. The summed E-state index contributed by atoms with van der Waals surface area (Å²) in [7, 11) is 1.62. The van der Waals surface area contributed by atoms with Crippen LogP contribution in [0.5, 0.6) is 11.5 Å². The SMILES string of the molecule is COc1ccc(COc2cc(C(=O)O)c(Br)cc2C)cc1. The standard InChI is InChI=1S/C16H15BrO4/c1-10-7-14(17)13(16(18)19)8-15(10)21-9-11-3-5-12(20-2)6-4-11/h3-8H,9H2,1-2H3,(H,18,19). The van der Waals surface area contributed by atoms with Gasteiger partial charge in [-0.1, -0.05) is 12.1 Å². The van der Waals surface area contributed by atoms with Crippen LogP contribution in [0.3, 0.4) is 0 Å². The van der Waals surface area contributed by atoms with Crippen LogP contribution < -0.4 is 9.47 Å². The van der Waals surface area contributed by atoms with E-state index in [9.17, 15) is 4.79 Å². The highest BCUT2D eigenvalue weighted by Crippen LogP contribution is 2.27. The first-order valence-electron chi connectivity index (χ1n) is 6.30. The van der Waals surface area contributed by atoms with Crippen molar-refractivity contribution in [3.05, 3.63) is 57.6 Å². The molecule has 0 aromatic heterocycles. The predicted molar refractivity (Wildman–Crippen MR) is 83.2 cm³/mol. The number of rotatable bonds is 5. The molecule has 0 radical (unpaired) electrons. The molecule has 1 N–H and O–H groups in total. The monoisotopic (exact) mass is 350 g/mol. The Morgan fingerprint density at radius 1 is 1.24 bits per heavy atom. The molecule has 2 aromatic carbocycles. The molecule has 21 heavy (non-hydrogen) atoms. The molecule has 0 bridgehead atoms. The van der Waals surface area contributed by atoms with Gasteiger partial charge in [0.25, 0.3) is 0 Å². The number of ether oxygens (including phenoxy) is 2. The van der Waals surface area contributed by atoms with Gasteiger partial charge in [-0.25, -0.2) is 4.79 Å². The Hall–Kier alpha value is -2.01. The van der Waals surface area contributed by atoms with E-state index in [4.69, 9.17) is 14.6 Å². The number of benzene rings is 2. The molecule has 0 aliphatic heterocycles. The molecule has 2 aromatic rings. The van der Waals surface area contributed by atoms with Crippen LogP contribution in [0, 0.1) is 6.92 Å². The van der Waals surface area contributed by atoms with E-state index in [0.717, 1.165) is 16.9 Å². The fourth-order valence-electron chi connectivity index (χ4n) is 1.86. The van der Waals surface area contributed by atoms with E-state index >= 15 is 0 Å². The number of hydrogen-bond acceptors (Lipinski definition) is 3. The van der Waals surface area contributed by atoms with Gasteiger partial charge in [-0.05, 0) is 58.2 Å². The predicted octanol–water partition coefficient (Wildman–Crippen LogP) is 4.04. The second kappa shape index (κ2) is 6.63. The molecule has 0 atom stereocenters. The van der Waals surface area contributed by atoms with Gasteiger partial charge in [0.1, 0.15) is 18.1 Å². The highest BCUT2D eigenvalue weighted by Gasteiger charge is 2.12. The van der Waals surface area contributed by atoms with Gasteiger partial charge in [-0.15, -0.1) is 0 Å². The lowest BCUT2D eigenvalue weighted by molar-refractivity contribution is 0.0695. The lowest BCUT2D eigenvalue weighted by atomic mass is 10.1. The number of carbonyl (C=O) groups is 1. The minimum absolute atomic E-state index is 0.185. The zero-order valence-electron chi connectivity index (χ0n) is 11.7. The van der Waals surface area contributed by atoms with Crippen molar-refractivity contribution in [1.82, 2.24) is 0 Å². The third kappa shape index (κ3) is 3.76. The third-order valence-corrected chi connectivity index (χ3v) is 3.70. The smallest absolute Gasteiger partial charge is 0.336 e. The van der Waals surface area contributed by atoms with E-state index in [1.54, 1.807) is 13.2 Å². The van der Waals surface area contributed by atoms with Crippen LogP contribution in [0.25, 0.3) is 0 Å². The number of aryl methyl sites for hydroxylation is 1. The van der Waals surface area contributed by atoms with E-state index < -0.39 is 5.97 Å². The number of carboxylic acid groups (broad SMARTS) is 1. The molecular weight excluding hydrogens is 336 g/mol. The summed E-state index contributed by atoms with van der Waals surface area (Å²) in [5, 5.41) is 9.12. The fourth-order valence-corrected chi connectivity index (χ4v) is 2.48. The average molecular weight is 351 g/mol. The summed E-state index contributed by atoms with van der Waals surface area (Å²) in [6.07, 6.45) is 0. The van der Waals surface area contributed by atoms with Crippen LogP contribution in [-0.4, -0.2) is 18.2 Å². The molecule has 0 heterocycles. The molecule has 0 saturated carbocycles. The summed E-state index contributed by atoms with van der Waals surface area (Å²) in [4.78, 5) is 11.1. The lowest BCUT2D eigenvalue weighted by Gasteiger charge is -2.11. The minimum atomic E-state index is -0.990. The zero-order valence-corrected chi connectivity index (χ0v) is 13.3. The van der Waals surface area contributed by atoms with Crippen LogP contribution in [0.2, 0.25) is 0 Å². The van der Waals surface area contributed by atoms with Crippen molar-refractivity contribution < 1.29 is 19.4 Å². The molecule has 0 saturated heterocycles. The van der Waals surface area contributed by atoms with Gasteiger partial charge in [0.2, 0.25) is 0 Å². The van der Waals surface area contributed by atoms with E-state index in [1.165, 1.54) is 6.07 Å². The summed E-state index contributed by atoms with van der Waals surface area (Å²) in [6.45, 7) is 2.24. The molecule has 0 unspecified atom stereocenters. The van der Waals surface area contributed by atoms with Gasteiger partial charge in [0.15, 0.2) is 0 Å². The van der Waals surface area contributed by atoms with Crippen molar-refractivity contribution >= 4 is 21.9 Å². The van der Waals surface area contributed by atoms with Gasteiger partial charge >= 0.3 is 5.97 Å². The second-order valence-corrected chi connectivity index (χ2v) is 5.39. The summed E-state index contributed by atoms with van der Waals surface area (Å²) in [6, 6.07) is 10.8. The Bertz CT molecular complexity index is 650. The maximum absolute atomic E-state index is 11.1. The maximum Gasteiger partial charge on any atom is 0.336 e. The minimum Gasteiger partial charge on any atom is -0.497 e. The molecule has 5 heteroatoms. The van der Waals surface area contributed by atoms with Crippen molar-refractivity contribution in [2.45, 2.75) is 13.5 Å². The van der Waals surface area contributed by atoms with Crippen molar-refractivity contribution in [2.75, 3.05) is 7.11 Å². The van der Waals surface area contributed by atoms with E-state index in [1.807, 2.05) is 31.2 Å². The molecule has 0 aliphatic rings. The van der Waals surface area contributed by atoms with Gasteiger partial charge in [-0.2, -0.15) is 0 Å². The average Bonchev–Trinajstić information content (AvgIpc) is 2.46. The molecule has 0 aliphatic carbocycles. The molecule has 0 amide bonds. The topological polar surface area (TPSA) is 55.8 Å². The van der Waals surface area contributed by atoms with Crippen molar-refractivity contribution in [1.29, 1.82) is 0 Å². The Balaban J connectivity index is 2.15. The van der Waals surface area contributed by atoms with Crippen LogP contribution in [0.15, 0.2) is 40.9 Å². The molecule has 110 valence electrons. The summed E-state index contributed by atoms with van der Waals surface area (Å²) in [5.74, 6) is 0.356. The van der Waals surface area contributed by atoms with Gasteiger partial charge < -0.3 is 14.6 Å². The fraction of sp³-hybridized carbons (Fsp3) is 0.188. The van der Waals surface area contributed by atoms with Gasteiger partial charge in [0, 0.05) is 4.47 Å². The van der Waals surface area contributed by atoms with Crippen molar-refractivity contribution in [3.8, 4) is 11.5 Å². The quantitative estimate of drug-likeness (QED) is 0.883. The highest BCUT2D eigenvalue weighted by atomic mass is 79.9. The largest absolute Gasteiger partial charge is 0.497 e. The molecule has 0 spiro atoms. The number of aromatic carboxylic acids is 1. The first kappa shape index (κ1) is 15.4. The van der Waals surface area contributed by atoms with Crippen molar-refractivity contribution in [2.24, 2.45) is 0 Å².